The lowest BCUT2D eigenvalue weighted by Crippen LogP contribution is -2.14. The fourth-order valence-electron chi connectivity index (χ4n) is 2.91. The second kappa shape index (κ2) is 8.15. The van der Waals surface area contributed by atoms with Crippen molar-refractivity contribution in [1.29, 1.82) is 0 Å². The van der Waals surface area contributed by atoms with Gasteiger partial charge in [0.15, 0.2) is 5.82 Å². The minimum atomic E-state index is -0.259. The Kier molecular flexibility index (Phi) is 5.26. The average molecular weight is 406 g/mol. The van der Waals surface area contributed by atoms with Crippen LogP contribution in [0.5, 0.6) is 5.75 Å². The molecule has 7 nitrogen and oxygen atoms in total. The first-order valence-electron chi connectivity index (χ1n) is 8.90. The normalized spacial score (nSPS) is 10.7. The van der Waals surface area contributed by atoms with E-state index in [-0.39, 0.29) is 18.2 Å². The highest BCUT2D eigenvalue weighted by molar-refractivity contribution is 7.20. The van der Waals surface area contributed by atoms with Crippen LogP contribution in [-0.2, 0) is 11.2 Å². The number of benzene rings is 2. The van der Waals surface area contributed by atoms with Crippen LogP contribution in [0.4, 0.5) is 11.5 Å². The first-order chi connectivity index (χ1) is 14.1. The van der Waals surface area contributed by atoms with Gasteiger partial charge in [-0.15, -0.1) is 11.3 Å². The molecule has 0 unspecified atom stereocenters. The number of nitrogens with zero attached hydrogens (tertiary/aromatic N) is 1. The molecule has 2 aromatic carbocycles. The predicted octanol–water partition coefficient (Wildman–Crippen LogP) is 4.07. The molecule has 0 bridgehead atoms. The van der Waals surface area contributed by atoms with Gasteiger partial charge in [0.05, 0.1) is 29.5 Å². The van der Waals surface area contributed by atoms with Gasteiger partial charge in [-0.3, -0.25) is 14.7 Å². The summed E-state index contributed by atoms with van der Waals surface area (Å²) in [5.41, 5.74) is 1.51. The lowest BCUT2D eigenvalue weighted by atomic mass is 10.1. The number of aromatic nitrogens is 2. The summed E-state index contributed by atoms with van der Waals surface area (Å²) in [4.78, 5) is 26.2. The van der Waals surface area contributed by atoms with E-state index in [9.17, 15) is 9.59 Å². The molecule has 2 heterocycles. The van der Waals surface area contributed by atoms with E-state index >= 15 is 0 Å². The van der Waals surface area contributed by atoms with Crippen LogP contribution < -0.4 is 15.4 Å². The molecule has 2 aromatic heterocycles. The summed E-state index contributed by atoms with van der Waals surface area (Å²) in [5, 5.41) is 13.4. The van der Waals surface area contributed by atoms with Crippen molar-refractivity contribution in [3.8, 4) is 5.75 Å². The Balaban J connectivity index is 1.49. The molecule has 2 amide bonds. The van der Waals surface area contributed by atoms with Crippen LogP contribution in [0.3, 0.4) is 0 Å². The van der Waals surface area contributed by atoms with Gasteiger partial charge in [-0.1, -0.05) is 42.5 Å². The van der Waals surface area contributed by atoms with Gasteiger partial charge in [0.2, 0.25) is 5.91 Å². The zero-order chi connectivity index (χ0) is 20.2. The van der Waals surface area contributed by atoms with Crippen molar-refractivity contribution in [1.82, 2.24) is 10.2 Å². The molecule has 4 rings (SSSR count). The van der Waals surface area contributed by atoms with Crippen LogP contribution >= 0.6 is 11.3 Å². The van der Waals surface area contributed by atoms with Gasteiger partial charge in [0.1, 0.15) is 10.6 Å². The maximum Gasteiger partial charge on any atom is 0.265 e. The van der Waals surface area contributed by atoms with Crippen molar-refractivity contribution in [3.63, 3.8) is 0 Å². The number of para-hydroxylation sites is 2. The molecule has 0 aliphatic carbocycles. The van der Waals surface area contributed by atoms with E-state index in [1.165, 1.54) is 11.3 Å². The smallest absolute Gasteiger partial charge is 0.265 e. The van der Waals surface area contributed by atoms with E-state index in [4.69, 9.17) is 4.74 Å². The molecular formula is C21H18N4O3S. The zero-order valence-corrected chi connectivity index (χ0v) is 16.4. The number of hydrogen-bond donors (Lipinski definition) is 3. The minimum absolute atomic E-state index is 0.171. The molecular weight excluding hydrogens is 388 g/mol. The molecule has 0 saturated heterocycles. The van der Waals surface area contributed by atoms with Crippen LogP contribution in [0.2, 0.25) is 0 Å². The van der Waals surface area contributed by atoms with E-state index in [2.05, 4.69) is 20.8 Å². The van der Waals surface area contributed by atoms with Gasteiger partial charge in [-0.25, -0.2) is 0 Å². The number of methoxy groups -OCH3 is 1. The van der Waals surface area contributed by atoms with Gasteiger partial charge in [-0.05, 0) is 23.8 Å². The molecule has 0 fully saturated rings. The third-order valence-corrected chi connectivity index (χ3v) is 5.34. The third kappa shape index (κ3) is 4.12. The van der Waals surface area contributed by atoms with E-state index in [0.29, 0.717) is 32.3 Å². The number of carbonyl (C=O) groups excluding carboxylic acids is 2. The quantitative estimate of drug-likeness (QED) is 0.450. The number of hydrogen-bond acceptors (Lipinski definition) is 5. The molecule has 0 atom stereocenters. The van der Waals surface area contributed by atoms with Crippen molar-refractivity contribution in [2.45, 2.75) is 6.42 Å². The number of aromatic amines is 1. The Morgan fingerprint density at radius 3 is 2.62 bits per heavy atom. The topological polar surface area (TPSA) is 96.1 Å². The lowest BCUT2D eigenvalue weighted by Gasteiger charge is -2.08. The van der Waals surface area contributed by atoms with Crippen molar-refractivity contribution in [2.24, 2.45) is 0 Å². The molecule has 0 aliphatic rings. The number of nitrogens with one attached hydrogen (secondary N) is 3. The Morgan fingerprint density at radius 2 is 1.83 bits per heavy atom. The Bertz CT molecular complexity index is 1170. The highest BCUT2D eigenvalue weighted by Gasteiger charge is 2.17. The molecule has 3 N–H and O–H groups in total. The standard InChI is InChI=1S/C21H18N4O3S/c1-28-16-10-6-5-9-15(16)22-20(27)17-12-14-19(24-25-21(14)29-17)23-18(26)11-13-7-3-2-4-8-13/h2-10,12H,11H2,1H3,(H,22,27)(H2,23,24,25,26). The summed E-state index contributed by atoms with van der Waals surface area (Å²) in [6.45, 7) is 0. The largest absolute Gasteiger partial charge is 0.495 e. The highest BCUT2D eigenvalue weighted by atomic mass is 32.1. The average Bonchev–Trinajstić information content (AvgIpc) is 3.31. The van der Waals surface area contributed by atoms with E-state index < -0.39 is 0 Å². The molecule has 4 aromatic rings. The van der Waals surface area contributed by atoms with E-state index in [1.807, 2.05) is 42.5 Å². The summed E-state index contributed by atoms with van der Waals surface area (Å²) in [6, 6.07) is 18.4. The molecule has 0 spiro atoms. The molecule has 146 valence electrons. The van der Waals surface area contributed by atoms with Gasteiger partial charge < -0.3 is 15.4 Å². The van der Waals surface area contributed by atoms with Crippen LogP contribution in [0.1, 0.15) is 15.2 Å². The van der Waals surface area contributed by atoms with Gasteiger partial charge in [0.25, 0.3) is 5.91 Å². The van der Waals surface area contributed by atoms with Gasteiger partial charge in [0, 0.05) is 0 Å². The summed E-state index contributed by atoms with van der Waals surface area (Å²) in [7, 11) is 1.55. The Morgan fingerprint density at radius 1 is 1.07 bits per heavy atom. The van der Waals surface area contributed by atoms with Crippen LogP contribution in [0.25, 0.3) is 10.2 Å². The number of rotatable bonds is 6. The Hall–Kier alpha value is -3.65. The molecule has 0 saturated carbocycles. The summed E-state index contributed by atoms with van der Waals surface area (Å²) in [5.74, 6) is 0.563. The Labute approximate surface area is 170 Å². The van der Waals surface area contributed by atoms with Gasteiger partial charge in [-0.2, -0.15) is 5.10 Å². The maximum atomic E-state index is 12.6. The fourth-order valence-corrected chi connectivity index (χ4v) is 3.81. The number of carbonyl (C=O) groups is 2. The monoisotopic (exact) mass is 406 g/mol. The first kappa shape index (κ1) is 18.7. The molecule has 8 heteroatoms. The number of anilines is 2. The van der Waals surface area contributed by atoms with Crippen LogP contribution in [0, 0.1) is 0 Å². The summed E-state index contributed by atoms with van der Waals surface area (Å²) < 4.78 is 5.26. The predicted molar refractivity (Wildman–Crippen MR) is 114 cm³/mol. The van der Waals surface area contributed by atoms with Crippen molar-refractivity contribution < 1.29 is 14.3 Å². The van der Waals surface area contributed by atoms with Crippen LogP contribution in [-0.4, -0.2) is 29.1 Å². The number of ether oxygens (including phenoxy) is 1. The second-order valence-electron chi connectivity index (χ2n) is 6.29. The molecule has 0 aliphatic heterocycles. The van der Waals surface area contributed by atoms with Gasteiger partial charge >= 0.3 is 0 Å². The van der Waals surface area contributed by atoms with E-state index in [0.717, 1.165) is 5.56 Å². The number of thiophene rings is 1. The van der Waals surface area contributed by atoms with E-state index in [1.54, 1.807) is 25.3 Å². The summed E-state index contributed by atoms with van der Waals surface area (Å²) >= 11 is 1.27. The van der Waals surface area contributed by atoms with Crippen molar-refractivity contribution in [2.75, 3.05) is 17.7 Å². The number of fused-ring (bicyclic) bond motifs is 1. The fraction of sp³-hybridized carbons (Fsp3) is 0.0952. The second-order valence-corrected chi connectivity index (χ2v) is 7.34. The number of amides is 2. The van der Waals surface area contributed by atoms with Crippen LogP contribution in [0.15, 0.2) is 60.7 Å². The maximum absolute atomic E-state index is 12.6. The lowest BCUT2D eigenvalue weighted by molar-refractivity contribution is -0.115. The molecule has 29 heavy (non-hydrogen) atoms. The highest BCUT2D eigenvalue weighted by Crippen LogP contribution is 2.31. The van der Waals surface area contributed by atoms with Crippen molar-refractivity contribution >= 4 is 44.9 Å². The zero-order valence-electron chi connectivity index (χ0n) is 15.6. The SMILES string of the molecule is COc1ccccc1NC(=O)c1cc2c(NC(=O)Cc3ccccc3)n[nH]c2s1. The number of H-pyrrole nitrogens is 1. The molecule has 0 radical (unpaired) electrons. The van der Waals surface area contributed by atoms with Crippen molar-refractivity contribution in [3.05, 3.63) is 71.1 Å². The summed E-state index contributed by atoms with van der Waals surface area (Å²) in [6.07, 6.45) is 0.250. The first-order valence-corrected chi connectivity index (χ1v) is 9.72. The minimum Gasteiger partial charge on any atom is -0.495 e. The third-order valence-electron chi connectivity index (χ3n) is 4.30.